The molecular weight excluding hydrogens is 529 g/mol. The van der Waals surface area contributed by atoms with Gasteiger partial charge in [-0.1, -0.05) is 26.0 Å². The maximum atomic E-state index is 14.8. The second kappa shape index (κ2) is 13.2. The summed E-state index contributed by atoms with van der Waals surface area (Å²) in [5.41, 5.74) is 0. The number of nitrogens with zero attached hydrogens (tertiary/aromatic N) is 2. The second-order valence-electron chi connectivity index (χ2n) is 10.3. The minimum absolute atomic E-state index is 0.0823. The molecule has 218 valence electrons. The number of nitrogens with one attached hydrogen (secondary N) is 3. The molecule has 0 spiro atoms. The van der Waals surface area contributed by atoms with Crippen LogP contribution in [0, 0.1) is 23.2 Å². The number of halogens is 5. The van der Waals surface area contributed by atoms with Gasteiger partial charge in [0.05, 0.1) is 12.1 Å². The van der Waals surface area contributed by atoms with Crippen molar-refractivity contribution >= 4 is 23.6 Å². The lowest BCUT2D eigenvalue weighted by Crippen LogP contribution is -2.64. The largest absolute Gasteiger partial charge is 0.471 e. The molecule has 2 fully saturated rings. The highest BCUT2D eigenvalue weighted by Gasteiger charge is 2.51. The molecule has 3 N–H and O–H groups in total. The molecule has 0 bridgehead atoms. The van der Waals surface area contributed by atoms with Gasteiger partial charge < -0.3 is 20.9 Å². The number of likely N-dealkylation sites (tertiary alicyclic amines) is 1. The number of carbonyl (C=O) groups excluding carboxylic acids is 4. The highest BCUT2D eigenvalue weighted by molar-refractivity contribution is 5.94. The average molecular weight is 564 g/mol. The smallest absolute Gasteiger partial charge is 0.356 e. The zero-order valence-corrected chi connectivity index (χ0v) is 22.0. The Bertz CT molecular complexity index is 994. The summed E-state index contributed by atoms with van der Waals surface area (Å²) in [6.07, 6.45) is -3.93. The summed E-state index contributed by atoms with van der Waals surface area (Å²) in [5, 5.41) is 16.2. The van der Waals surface area contributed by atoms with Gasteiger partial charge in [-0.15, -0.1) is 0 Å². The summed E-state index contributed by atoms with van der Waals surface area (Å²) in [6, 6.07) is -4.37. The standard InChI is InChI=1S/C25H34F5N5O4/c1-4-6-17-11-24(26,27)12-19(21(37)33-16(13-31)10-15-7-5-8-32-20(15)36)35(17)22(38)18(9-14(2)3)34-23(39)25(28,29)30/h4,6,14-19H,5,7-12H2,1-3H3,(H,32,36)(H,33,37)(H,34,39)/b6-4+/t15-,16-,17?,18-,19-/m0/s1. The summed E-state index contributed by atoms with van der Waals surface area (Å²) in [7, 11) is 0. The van der Waals surface area contributed by atoms with Crippen LogP contribution in [-0.2, 0) is 19.2 Å². The Kier molecular flexibility index (Phi) is 10.8. The van der Waals surface area contributed by atoms with E-state index in [1.165, 1.54) is 19.1 Å². The first-order valence-electron chi connectivity index (χ1n) is 12.8. The molecule has 39 heavy (non-hydrogen) atoms. The van der Waals surface area contributed by atoms with Gasteiger partial charge in [0, 0.05) is 25.3 Å². The van der Waals surface area contributed by atoms with Crippen LogP contribution in [0.5, 0.6) is 0 Å². The highest BCUT2D eigenvalue weighted by atomic mass is 19.4. The SMILES string of the molecule is C/C=C/C1CC(F)(F)C[C@@H](C(=O)N[C@H](C#N)C[C@@H]2CCCNC2=O)N1C(=O)[C@H](CC(C)C)NC(=O)C(F)(F)F. The quantitative estimate of drug-likeness (QED) is 0.293. The molecule has 0 aromatic heterocycles. The molecule has 4 amide bonds. The van der Waals surface area contributed by atoms with Crippen molar-refractivity contribution in [2.24, 2.45) is 11.8 Å². The van der Waals surface area contributed by atoms with Crippen LogP contribution in [0.3, 0.4) is 0 Å². The number of rotatable bonds is 9. The van der Waals surface area contributed by atoms with Crippen molar-refractivity contribution in [2.75, 3.05) is 6.54 Å². The van der Waals surface area contributed by atoms with Gasteiger partial charge in [0.1, 0.15) is 18.1 Å². The number of hydrogen-bond donors (Lipinski definition) is 3. The predicted octanol–water partition coefficient (Wildman–Crippen LogP) is 2.58. The Morgan fingerprint density at radius 1 is 1.23 bits per heavy atom. The minimum Gasteiger partial charge on any atom is -0.356 e. The molecule has 0 aromatic carbocycles. The molecule has 2 aliphatic heterocycles. The fraction of sp³-hybridized carbons (Fsp3) is 0.720. The molecule has 2 heterocycles. The normalized spacial score (nSPS) is 25.0. The topological polar surface area (TPSA) is 131 Å². The Hall–Kier alpha value is -3.24. The molecule has 2 saturated heterocycles. The van der Waals surface area contributed by atoms with Gasteiger partial charge >= 0.3 is 12.1 Å². The first kappa shape index (κ1) is 32.0. The van der Waals surface area contributed by atoms with Crippen molar-refractivity contribution in [2.45, 2.75) is 95.6 Å². The molecule has 9 nitrogen and oxygen atoms in total. The Labute approximate surface area is 223 Å². The molecule has 1 unspecified atom stereocenters. The van der Waals surface area contributed by atoms with E-state index in [0.29, 0.717) is 19.4 Å². The van der Waals surface area contributed by atoms with E-state index in [0.717, 1.165) is 4.90 Å². The van der Waals surface area contributed by atoms with Crippen LogP contribution in [-0.4, -0.2) is 71.3 Å². The van der Waals surface area contributed by atoms with Crippen LogP contribution < -0.4 is 16.0 Å². The highest BCUT2D eigenvalue weighted by Crippen LogP contribution is 2.37. The van der Waals surface area contributed by atoms with Crippen molar-refractivity contribution in [1.82, 2.24) is 20.9 Å². The number of piperidine rings is 2. The molecular formula is C25H34F5N5O4. The number of allylic oxidation sites excluding steroid dienone is 1. The first-order valence-corrected chi connectivity index (χ1v) is 12.8. The third-order valence-corrected chi connectivity index (χ3v) is 6.62. The third-order valence-electron chi connectivity index (χ3n) is 6.62. The zero-order valence-electron chi connectivity index (χ0n) is 22.0. The van der Waals surface area contributed by atoms with Crippen LogP contribution in [0.1, 0.15) is 59.3 Å². The molecule has 0 aliphatic carbocycles. The molecule has 2 rings (SSSR count). The summed E-state index contributed by atoms with van der Waals surface area (Å²) in [5.74, 6) is -9.29. The van der Waals surface area contributed by atoms with E-state index in [1.54, 1.807) is 19.2 Å². The lowest BCUT2D eigenvalue weighted by atomic mass is 9.88. The van der Waals surface area contributed by atoms with Crippen LogP contribution in [0.4, 0.5) is 22.0 Å². The van der Waals surface area contributed by atoms with E-state index in [1.807, 2.05) is 6.07 Å². The van der Waals surface area contributed by atoms with Gasteiger partial charge in [0.2, 0.25) is 17.7 Å². The summed E-state index contributed by atoms with van der Waals surface area (Å²) >= 11 is 0. The molecule has 0 radical (unpaired) electrons. The van der Waals surface area contributed by atoms with Gasteiger partial charge in [-0.3, -0.25) is 19.2 Å². The lowest BCUT2D eigenvalue weighted by Gasteiger charge is -2.45. The third kappa shape index (κ3) is 8.90. The molecule has 2 aliphatic rings. The van der Waals surface area contributed by atoms with Crippen molar-refractivity contribution in [3.63, 3.8) is 0 Å². The number of nitriles is 1. The van der Waals surface area contributed by atoms with E-state index in [-0.39, 0.29) is 24.7 Å². The Morgan fingerprint density at radius 2 is 1.90 bits per heavy atom. The van der Waals surface area contributed by atoms with E-state index in [2.05, 4.69) is 10.6 Å². The number of alkyl halides is 5. The van der Waals surface area contributed by atoms with Crippen molar-refractivity contribution in [3.8, 4) is 6.07 Å². The zero-order chi connectivity index (χ0) is 29.5. The van der Waals surface area contributed by atoms with Crippen LogP contribution in [0.2, 0.25) is 0 Å². The minimum atomic E-state index is -5.30. The van der Waals surface area contributed by atoms with E-state index in [4.69, 9.17) is 0 Å². The molecule has 5 atom stereocenters. The molecule has 14 heteroatoms. The fourth-order valence-electron chi connectivity index (χ4n) is 4.89. The fourth-order valence-corrected chi connectivity index (χ4v) is 4.89. The van der Waals surface area contributed by atoms with Gasteiger partial charge in [-0.25, -0.2) is 8.78 Å². The lowest BCUT2D eigenvalue weighted by molar-refractivity contribution is -0.176. The Balaban J connectivity index is 2.39. The van der Waals surface area contributed by atoms with Crippen LogP contribution in [0.15, 0.2) is 12.2 Å². The predicted molar refractivity (Wildman–Crippen MR) is 129 cm³/mol. The van der Waals surface area contributed by atoms with Crippen molar-refractivity contribution in [1.29, 1.82) is 5.26 Å². The van der Waals surface area contributed by atoms with E-state index >= 15 is 0 Å². The average Bonchev–Trinajstić information content (AvgIpc) is 2.82. The number of carbonyl (C=O) groups is 4. The summed E-state index contributed by atoms with van der Waals surface area (Å²) in [6.45, 7) is 5.15. The van der Waals surface area contributed by atoms with Gasteiger partial charge in [-0.2, -0.15) is 18.4 Å². The Morgan fingerprint density at radius 3 is 2.44 bits per heavy atom. The second-order valence-corrected chi connectivity index (χ2v) is 10.3. The van der Waals surface area contributed by atoms with Gasteiger partial charge in [0.25, 0.3) is 5.92 Å². The van der Waals surface area contributed by atoms with E-state index in [9.17, 15) is 46.4 Å². The monoisotopic (exact) mass is 563 g/mol. The van der Waals surface area contributed by atoms with Crippen molar-refractivity contribution in [3.05, 3.63) is 12.2 Å². The molecule has 0 saturated carbocycles. The maximum absolute atomic E-state index is 14.8. The first-order chi connectivity index (χ1) is 18.1. The van der Waals surface area contributed by atoms with Crippen LogP contribution >= 0.6 is 0 Å². The summed E-state index contributed by atoms with van der Waals surface area (Å²) in [4.78, 5) is 51.4. The number of hydrogen-bond acceptors (Lipinski definition) is 5. The van der Waals surface area contributed by atoms with Crippen molar-refractivity contribution < 1.29 is 41.1 Å². The molecule has 0 aromatic rings. The van der Waals surface area contributed by atoms with E-state index < -0.39 is 72.7 Å². The maximum Gasteiger partial charge on any atom is 0.471 e. The number of amides is 4. The summed E-state index contributed by atoms with van der Waals surface area (Å²) < 4.78 is 68.5. The van der Waals surface area contributed by atoms with Gasteiger partial charge in [0.15, 0.2) is 0 Å². The van der Waals surface area contributed by atoms with Gasteiger partial charge in [-0.05, 0) is 38.5 Å². The van der Waals surface area contributed by atoms with Crippen LogP contribution in [0.25, 0.3) is 0 Å².